The molecule has 2 aromatic carbocycles. The summed E-state index contributed by atoms with van der Waals surface area (Å²) < 4.78 is 4.57. The summed E-state index contributed by atoms with van der Waals surface area (Å²) in [5, 5.41) is 4.96. The van der Waals surface area contributed by atoms with Crippen LogP contribution in [-0.4, -0.2) is 30.4 Å². The Kier molecular flexibility index (Phi) is 5.33. The summed E-state index contributed by atoms with van der Waals surface area (Å²) in [6.45, 7) is 0.207. The molecule has 2 rings (SSSR count). The molecule has 21 heavy (non-hydrogen) atoms. The fraction of sp³-hybridized carbons (Fsp3) is 0.250. The highest BCUT2D eigenvalue weighted by Crippen LogP contribution is 2.15. The molecule has 0 bridgehead atoms. The molecule has 110 valence electrons. The van der Waals surface area contributed by atoms with Crippen LogP contribution in [0.2, 0.25) is 0 Å². The lowest BCUT2D eigenvalue weighted by Gasteiger charge is -2.09. The number of halogens is 1. The zero-order valence-corrected chi connectivity index (χ0v) is 13.2. The number of nitrogens with one attached hydrogen (secondary N) is 1. The molecule has 0 aliphatic heterocycles. The van der Waals surface area contributed by atoms with E-state index in [-0.39, 0.29) is 18.9 Å². The van der Waals surface area contributed by atoms with Crippen LogP contribution in [0.3, 0.4) is 0 Å². The second-order valence-electron chi connectivity index (χ2n) is 4.65. The van der Waals surface area contributed by atoms with Crippen LogP contribution in [0.1, 0.15) is 5.56 Å². The molecule has 1 atom stereocenters. The Hall–Kier alpha value is -1.88. The number of ether oxygens (including phenoxy) is 1. The summed E-state index contributed by atoms with van der Waals surface area (Å²) >= 11 is 3.16. The molecule has 0 saturated carbocycles. The molecule has 0 aliphatic carbocycles. The van der Waals surface area contributed by atoms with Crippen molar-refractivity contribution in [3.63, 3.8) is 0 Å². The molecule has 0 radical (unpaired) electrons. The first-order valence-corrected chi connectivity index (χ1v) is 7.48. The van der Waals surface area contributed by atoms with Crippen LogP contribution in [0, 0.1) is 0 Å². The number of alkyl halides is 1. The summed E-state index contributed by atoms with van der Waals surface area (Å²) in [7, 11) is 1.31. The molecule has 4 nitrogen and oxygen atoms in total. The number of methoxy groups -OCH3 is 1. The van der Waals surface area contributed by atoms with Crippen LogP contribution in [-0.2, 0) is 20.7 Å². The fourth-order valence-corrected chi connectivity index (χ4v) is 2.36. The zero-order chi connectivity index (χ0) is 15.2. The molecular weight excluding hydrogens is 334 g/mol. The summed E-state index contributed by atoms with van der Waals surface area (Å²) in [6.07, 6.45) is 0.283. The van der Waals surface area contributed by atoms with Gasteiger partial charge < -0.3 is 10.1 Å². The van der Waals surface area contributed by atoms with E-state index in [1.165, 1.54) is 7.11 Å². The van der Waals surface area contributed by atoms with Gasteiger partial charge in [-0.1, -0.05) is 58.4 Å². The number of fused-ring (bicyclic) bond motifs is 1. The summed E-state index contributed by atoms with van der Waals surface area (Å²) in [4.78, 5) is 22.6. The largest absolute Gasteiger partial charge is 0.468 e. The molecule has 1 unspecified atom stereocenters. The average Bonchev–Trinajstić information content (AvgIpc) is 2.51. The van der Waals surface area contributed by atoms with Crippen molar-refractivity contribution in [1.82, 2.24) is 5.32 Å². The Morgan fingerprint density at radius 2 is 1.90 bits per heavy atom. The van der Waals surface area contributed by atoms with E-state index >= 15 is 0 Å². The van der Waals surface area contributed by atoms with Crippen LogP contribution in [0.15, 0.2) is 42.5 Å². The predicted octanol–water partition coefficient (Wildman–Crippen LogP) is 2.43. The van der Waals surface area contributed by atoms with Crippen molar-refractivity contribution in [3.8, 4) is 0 Å². The molecule has 0 heterocycles. The van der Waals surface area contributed by atoms with Gasteiger partial charge in [0.25, 0.3) is 0 Å². The van der Waals surface area contributed by atoms with Gasteiger partial charge in [-0.3, -0.25) is 9.59 Å². The van der Waals surface area contributed by atoms with Gasteiger partial charge >= 0.3 is 5.97 Å². The van der Waals surface area contributed by atoms with Gasteiger partial charge in [-0.05, 0) is 16.3 Å². The van der Waals surface area contributed by atoms with E-state index < -0.39 is 10.8 Å². The maximum atomic E-state index is 11.9. The van der Waals surface area contributed by atoms with Crippen molar-refractivity contribution in [3.05, 3.63) is 48.0 Å². The normalized spacial score (nSPS) is 11.9. The first-order chi connectivity index (χ1) is 10.1. The molecule has 0 saturated heterocycles. The summed E-state index contributed by atoms with van der Waals surface area (Å²) in [5.41, 5.74) is 0.940. The minimum absolute atomic E-state index is 0.126. The number of amides is 1. The van der Waals surface area contributed by atoms with Gasteiger partial charge in [0.05, 0.1) is 13.5 Å². The van der Waals surface area contributed by atoms with Gasteiger partial charge in [-0.2, -0.15) is 0 Å². The van der Waals surface area contributed by atoms with E-state index in [9.17, 15) is 9.59 Å². The SMILES string of the molecule is COC(=O)C(Br)CNC(=O)Cc1ccc2ccccc2c1. The number of carbonyl (C=O) groups excluding carboxylic acids is 2. The lowest BCUT2D eigenvalue weighted by Crippen LogP contribution is -2.34. The van der Waals surface area contributed by atoms with E-state index in [0.717, 1.165) is 16.3 Å². The number of benzene rings is 2. The summed E-state index contributed by atoms with van der Waals surface area (Å²) in [5.74, 6) is -0.528. The predicted molar refractivity (Wildman–Crippen MR) is 85.4 cm³/mol. The van der Waals surface area contributed by atoms with Gasteiger partial charge in [-0.25, -0.2) is 0 Å². The van der Waals surface area contributed by atoms with Crippen LogP contribution in [0.25, 0.3) is 10.8 Å². The Morgan fingerprint density at radius 3 is 2.62 bits per heavy atom. The monoisotopic (exact) mass is 349 g/mol. The number of hydrogen-bond donors (Lipinski definition) is 1. The van der Waals surface area contributed by atoms with Crippen molar-refractivity contribution in [2.24, 2.45) is 0 Å². The fourth-order valence-electron chi connectivity index (χ4n) is 2.01. The minimum atomic E-state index is -0.525. The average molecular weight is 350 g/mol. The Labute approximate surface area is 131 Å². The van der Waals surface area contributed by atoms with E-state index in [1.54, 1.807) is 0 Å². The van der Waals surface area contributed by atoms with Crippen LogP contribution in [0.4, 0.5) is 0 Å². The van der Waals surface area contributed by atoms with Gasteiger partial charge in [-0.15, -0.1) is 0 Å². The maximum absolute atomic E-state index is 11.9. The highest BCUT2D eigenvalue weighted by molar-refractivity contribution is 9.10. The highest BCUT2D eigenvalue weighted by atomic mass is 79.9. The Balaban J connectivity index is 1.93. The molecule has 1 N–H and O–H groups in total. The first-order valence-electron chi connectivity index (χ1n) is 6.56. The van der Waals surface area contributed by atoms with E-state index in [1.807, 2.05) is 42.5 Å². The molecular formula is C16H16BrNO3. The molecule has 2 aromatic rings. The molecule has 0 aromatic heterocycles. The number of esters is 1. The van der Waals surface area contributed by atoms with Gasteiger partial charge in [0, 0.05) is 6.54 Å². The van der Waals surface area contributed by atoms with Gasteiger partial charge in [0.15, 0.2) is 0 Å². The molecule has 0 fully saturated rings. The van der Waals surface area contributed by atoms with Crippen molar-refractivity contribution in [1.29, 1.82) is 0 Å². The first kappa shape index (κ1) is 15.5. The lowest BCUT2D eigenvalue weighted by molar-refractivity contribution is -0.139. The third-order valence-electron chi connectivity index (χ3n) is 3.11. The Bertz CT molecular complexity index is 657. The second kappa shape index (κ2) is 7.22. The van der Waals surface area contributed by atoms with Crippen LogP contribution < -0.4 is 5.32 Å². The molecule has 0 spiro atoms. The molecule has 0 aliphatic rings. The van der Waals surface area contributed by atoms with E-state index in [4.69, 9.17) is 0 Å². The maximum Gasteiger partial charge on any atom is 0.321 e. The summed E-state index contributed by atoms with van der Waals surface area (Å²) in [6, 6.07) is 13.9. The third-order valence-corrected chi connectivity index (χ3v) is 3.81. The van der Waals surface area contributed by atoms with Gasteiger partial charge in [0.2, 0.25) is 5.91 Å². The minimum Gasteiger partial charge on any atom is -0.468 e. The van der Waals surface area contributed by atoms with E-state index in [0.29, 0.717) is 0 Å². The van der Waals surface area contributed by atoms with Crippen LogP contribution >= 0.6 is 15.9 Å². The zero-order valence-electron chi connectivity index (χ0n) is 11.6. The molecule has 5 heteroatoms. The van der Waals surface area contributed by atoms with Crippen LogP contribution in [0.5, 0.6) is 0 Å². The third kappa shape index (κ3) is 4.29. The number of rotatable bonds is 5. The Morgan fingerprint density at radius 1 is 1.19 bits per heavy atom. The van der Waals surface area contributed by atoms with Crippen molar-refractivity contribution in [2.45, 2.75) is 11.2 Å². The van der Waals surface area contributed by atoms with Crippen molar-refractivity contribution in [2.75, 3.05) is 13.7 Å². The number of hydrogen-bond acceptors (Lipinski definition) is 3. The highest BCUT2D eigenvalue weighted by Gasteiger charge is 2.16. The quantitative estimate of drug-likeness (QED) is 0.666. The number of carbonyl (C=O) groups is 2. The van der Waals surface area contributed by atoms with Crippen molar-refractivity contribution >= 4 is 38.6 Å². The smallest absolute Gasteiger partial charge is 0.321 e. The topological polar surface area (TPSA) is 55.4 Å². The molecule has 1 amide bonds. The second-order valence-corrected chi connectivity index (χ2v) is 5.76. The van der Waals surface area contributed by atoms with Gasteiger partial charge in [0.1, 0.15) is 4.83 Å². The van der Waals surface area contributed by atoms with Crippen molar-refractivity contribution < 1.29 is 14.3 Å². The lowest BCUT2D eigenvalue weighted by atomic mass is 10.0. The standard InChI is InChI=1S/C16H16BrNO3/c1-21-16(20)14(17)10-18-15(19)9-11-6-7-12-4-2-3-5-13(12)8-11/h2-8,14H,9-10H2,1H3,(H,18,19). The van der Waals surface area contributed by atoms with E-state index in [2.05, 4.69) is 26.0 Å².